The number of carboxylic acid groups (broad SMARTS) is 1. The third-order valence-corrected chi connectivity index (χ3v) is 5.58. The fraction of sp³-hybridized carbons (Fsp3) is 0.474. The van der Waals surface area contributed by atoms with Crippen molar-refractivity contribution in [1.82, 2.24) is 14.8 Å². The van der Waals surface area contributed by atoms with Gasteiger partial charge in [0.05, 0.1) is 11.7 Å². The number of aliphatic hydroxyl groups excluding tert-OH is 1. The normalized spacial score (nSPS) is 23.8. The molecule has 1 aromatic carbocycles. The van der Waals surface area contributed by atoms with Gasteiger partial charge in [-0.1, -0.05) is 0 Å². The summed E-state index contributed by atoms with van der Waals surface area (Å²) in [5.74, 6) is -1.03. The summed E-state index contributed by atoms with van der Waals surface area (Å²) in [6, 6.07) is 5.31. The van der Waals surface area contributed by atoms with Gasteiger partial charge in [0.25, 0.3) is 5.91 Å². The Labute approximate surface area is 151 Å². The number of carbonyl (C=O) groups excluding carboxylic acids is 1. The molecule has 2 unspecified atom stereocenters. The van der Waals surface area contributed by atoms with E-state index < -0.39 is 5.97 Å². The molecule has 0 saturated carbocycles. The number of fused-ring (bicyclic) bond motifs is 1. The van der Waals surface area contributed by atoms with E-state index in [1.54, 1.807) is 12.1 Å². The van der Waals surface area contributed by atoms with E-state index in [0.717, 1.165) is 30.3 Å². The number of likely N-dealkylation sites (tertiary alicyclic amines) is 2. The zero-order valence-electron chi connectivity index (χ0n) is 14.7. The number of aliphatic hydroxyl groups is 1. The first kappa shape index (κ1) is 17.1. The number of aryl methyl sites for hydroxylation is 1. The largest absolute Gasteiger partial charge is 0.478 e. The Morgan fingerprint density at radius 2 is 1.96 bits per heavy atom. The molecule has 2 aliphatic heterocycles. The molecule has 0 radical (unpaired) electrons. The van der Waals surface area contributed by atoms with Gasteiger partial charge in [-0.15, -0.1) is 0 Å². The number of nitrogens with zero attached hydrogens (tertiary/aromatic N) is 2. The quantitative estimate of drug-likeness (QED) is 0.773. The fourth-order valence-corrected chi connectivity index (χ4v) is 4.15. The second-order valence-corrected chi connectivity index (χ2v) is 7.37. The Hall–Kier alpha value is -2.38. The molecule has 3 N–H and O–H groups in total. The van der Waals surface area contributed by atoms with Gasteiger partial charge in [-0.3, -0.25) is 9.69 Å². The van der Waals surface area contributed by atoms with Crippen LogP contribution in [-0.2, 0) is 0 Å². The van der Waals surface area contributed by atoms with Crippen molar-refractivity contribution in [2.45, 2.75) is 31.9 Å². The molecule has 26 heavy (non-hydrogen) atoms. The summed E-state index contributed by atoms with van der Waals surface area (Å²) in [6.07, 6.45) is 1.47. The average molecular weight is 357 g/mol. The van der Waals surface area contributed by atoms with Gasteiger partial charge in [0.2, 0.25) is 0 Å². The SMILES string of the molecule is Cc1cc(C(=O)O)cc2[nH]c(C(=O)N3CCC(N4CCC(O)C4)C3)cc12. The number of aromatic amines is 1. The number of H-pyrrole nitrogens is 1. The monoisotopic (exact) mass is 357 g/mol. The first-order valence-electron chi connectivity index (χ1n) is 9.00. The summed E-state index contributed by atoms with van der Waals surface area (Å²) in [7, 11) is 0. The van der Waals surface area contributed by atoms with Gasteiger partial charge in [-0.25, -0.2) is 4.79 Å². The van der Waals surface area contributed by atoms with Crippen LogP contribution in [0.5, 0.6) is 0 Å². The molecular weight excluding hydrogens is 334 g/mol. The molecule has 0 spiro atoms. The minimum absolute atomic E-state index is 0.0558. The van der Waals surface area contributed by atoms with Crippen LogP contribution in [0, 0.1) is 6.92 Å². The molecule has 7 heteroatoms. The second kappa shape index (κ2) is 6.41. The maximum absolute atomic E-state index is 12.9. The van der Waals surface area contributed by atoms with Crippen molar-refractivity contribution in [3.8, 4) is 0 Å². The molecule has 4 rings (SSSR count). The number of hydrogen-bond acceptors (Lipinski definition) is 4. The molecule has 7 nitrogen and oxygen atoms in total. The minimum atomic E-state index is -0.979. The molecule has 2 aliphatic rings. The van der Waals surface area contributed by atoms with Crippen LogP contribution in [0.1, 0.15) is 39.3 Å². The number of benzene rings is 1. The van der Waals surface area contributed by atoms with Crippen molar-refractivity contribution in [2.24, 2.45) is 0 Å². The van der Waals surface area contributed by atoms with Crippen molar-refractivity contribution in [1.29, 1.82) is 0 Å². The van der Waals surface area contributed by atoms with E-state index in [9.17, 15) is 19.8 Å². The first-order chi connectivity index (χ1) is 12.4. The zero-order valence-corrected chi connectivity index (χ0v) is 14.7. The van der Waals surface area contributed by atoms with Crippen LogP contribution >= 0.6 is 0 Å². The Bertz CT molecular complexity index is 875. The molecule has 0 aliphatic carbocycles. The van der Waals surface area contributed by atoms with E-state index in [2.05, 4.69) is 9.88 Å². The van der Waals surface area contributed by atoms with Gasteiger partial charge in [0.15, 0.2) is 0 Å². The van der Waals surface area contributed by atoms with Crippen molar-refractivity contribution in [3.63, 3.8) is 0 Å². The Balaban J connectivity index is 1.53. The number of carbonyl (C=O) groups is 2. The molecular formula is C19H23N3O4. The predicted molar refractivity (Wildman–Crippen MR) is 96.5 cm³/mol. The number of aromatic carboxylic acids is 1. The Morgan fingerprint density at radius 1 is 1.15 bits per heavy atom. The van der Waals surface area contributed by atoms with Crippen LogP contribution in [0.2, 0.25) is 0 Å². The highest BCUT2D eigenvalue weighted by molar-refractivity contribution is 6.01. The summed E-state index contributed by atoms with van der Waals surface area (Å²) < 4.78 is 0. The molecule has 138 valence electrons. The lowest BCUT2D eigenvalue weighted by atomic mass is 10.1. The maximum Gasteiger partial charge on any atom is 0.335 e. The van der Waals surface area contributed by atoms with Crippen molar-refractivity contribution in [2.75, 3.05) is 26.2 Å². The van der Waals surface area contributed by atoms with Gasteiger partial charge >= 0.3 is 5.97 Å². The summed E-state index contributed by atoms with van der Waals surface area (Å²) in [4.78, 5) is 31.3. The summed E-state index contributed by atoms with van der Waals surface area (Å²) in [5, 5.41) is 19.8. The van der Waals surface area contributed by atoms with Crippen molar-refractivity contribution >= 4 is 22.8 Å². The van der Waals surface area contributed by atoms with Crippen LogP contribution in [-0.4, -0.2) is 75.2 Å². The van der Waals surface area contributed by atoms with Gasteiger partial charge < -0.3 is 20.1 Å². The average Bonchev–Trinajstić information content (AvgIpc) is 3.32. The smallest absolute Gasteiger partial charge is 0.335 e. The predicted octanol–water partition coefficient (Wildman–Crippen LogP) is 1.46. The number of β-amino-alcohol motifs (C(OH)–C–C–N with tert-alkyl or cyclic N) is 1. The molecule has 2 fully saturated rings. The van der Waals surface area contributed by atoms with E-state index in [-0.39, 0.29) is 17.6 Å². The van der Waals surface area contributed by atoms with Gasteiger partial charge in [0, 0.05) is 43.1 Å². The standard InChI is InChI=1S/C19H23N3O4/c1-11-6-12(19(25)26)7-16-15(11)8-17(20-16)18(24)22-4-2-13(9-22)21-5-3-14(23)10-21/h6-8,13-14,20,23H,2-5,9-10H2,1H3,(H,25,26). The lowest BCUT2D eigenvalue weighted by Gasteiger charge is -2.23. The lowest BCUT2D eigenvalue weighted by molar-refractivity contribution is 0.0696. The van der Waals surface area contributed by atoms with E-state index in [4.69, 9.17) is 0 Å². The van der Waals surface area contributed by atoms with Gasteiger partial charge in [-0.2, -0.15) is 0 Å². The minimum Gasteiger partial charge on any atom is -0.478 e. The third kappa shape index (κ3) is 2.97. The molecule has 0 bridgehead atoms. The highest BCUT2D eigenvalue weighted by Gasteiger charge is 2.34. The highest BCUT2D eigenvalue weighted by Crippen LogP contribution is 2.25. The van der Waals surface area contributed by atoms with Crippen LogP contribution < -0.4 is 0 Å². The second-order valence-electron chi connectivity index (χ2n) is 7.37. The van der Waals surface area contributed by atoms with Crippen molar-refractivity contribution < 1.29 is 19.8 Å². The summed E-state index contributed by atoms with van der Waals surface area (Å²) in [5.41, 5.74) is 2.21. The maximum atomic E-state index is 12.9. The number of nitrogens with one attached hydrogen (secondary N) is 1. The van der Waals surface area contributed by atoms with Crippen LogP contribution in [0.3, 0.4) is 0 Å². The highest BCUT2D eigenvalue weighted by atomic mass is 16.4. The molecule has 2 atom stereocenters. The van der Waals surface area contributed by atoms with Crippen molar-refractivity contribution in [3.05, 3.63) is 35.0 Å². The summed E-state index contributed by atoms with van der Waals surface area (Å²) >= 11 is 0. The molecule has 1 aromatic heterocycles. The van der Waals surface area contributed by atoms with Crippen LogP contribution in [0.4, 0.5) is 0 Å². The molecule has 2 saturated heterocycles. The molecule has 3 heterocycles. The lowest BCUT2D eigenvalue weighted by Crippen LogP contribution is -2.38. The molecule has 1 amide bonds. The third-order valence-electron chi connectivity index (χ3n) is 5.58. The van der Waals surface area contributed by atoms with Crippen LogP contribution in [0.15, 0.2) is 18.2 Å². The van der Waals surface area contributed by atoms with E-state index in [1.165, 1.54) is 0 Å². The Morgan fingerprint density at radius 3 is 2.65 bits per heavy atom. The van der Waals surface area contributed by atoms with E-state index in [0.29, 0.717) is 36.9 Å². The number of aromatic nitrogens is 1. The number of carboxylic acids is 1. The summed E-state index contributed by atoms with van der Waals surface area (Å²) in [6.45, 7) is 4.79. The fourth-order valence-electron chi connectivity index (χ4n) is 4.15. The molecule has 2 aromatic rings. The number of amides is 1. The first-order valence-corrected chi connectivity index (χ1v) is 9.00. The Kier molecular flexibility index (Phi) is 4.20. The van der Waals surface area contributed by atoms with E-state index >= 15 is 0 Å². The number of hydrogen-bond donors (Lipinski definition) is 3. The zero-order chi connectivity index (χ0) is 18.4. The number of rotatable bonds is 3. The van der Waals surface area contributed by atoms with E-state index in [1.807, 2.05) is 17.9 Å². The van der Waals surface area contributed by atoms with Crippen LogP contribution in [0.25, 0.3) is 10.9 Å². The van der Waals surface area contributed by atoms with Gasteiger partial charge in [-0.05, 0) is 43.5 Å². The topological polar surface area (TPSA) is 96.9 Å². The van der Waals surface area contributed by atoms with Gasteiger partial charge in [0.1, 0.15) is 5.69 Å².